The molecule has 2 rings (SSSR count). The van der Waals surface area contributed by atoms with Gasteiger partial charge in [-0.1, -0.05) is 6.07 Å². The molecule has 0 aromatic carbocycles. The predicted octanol–water partition coefficient (Wildman–Crippen LogP) is -0.575. The van der Waals surface area contributed by atoms with Crippen molar-refractivity contribution < 1.29 is 0 Å². The minimum atomic E-state index is 0.0827. The van der Waals surface area contributed by atoms with Crippen molar-refractivity contribution in [3.63, 3.8) is 0 Å². The molecule has 2 N–H and O–H groups in total. The molecule has 1 aliphatic heterocycles. The summed E-state index contributed by atoms with van der Waals surface area (Å²) >= 11 is 0. The van der Waals surface area contributed by atoms with Crippen LogP contribution in [0.15, 0.2) is 29.2 Å². The van der Waals surface area contributed by atoms with E-state index in [2.05, 4.69) is 9.80 Å². The Kier molecular flexibility index (Phi) is 4.92. The van der Waals surface area contributed by atoms with Crippen LogP contribution in [-0.2, 0) is 6.54 Å². The van der Waals surface area contributed by atoms with E-state index in [1.54, 1.807) is 16.7 Å². The Balaban J connectivity index is 1.76. The van der Waals surface area contributed by atoms with Crippen LogP contribution < -0.4 is 11.3 Å². The zero-order valence-corrected chi connectivity index (χ0v) is 10.8. The molecule has 0 saturated carbocycles. The summed E-state index contributed by atoms with van der Waals surface area (Å²) in [6, 6.07) is 5.30. The fourth-order valence-electron chi connectivity index (χ4n) is 2.31. The molecule has 0 spiro atoms. The molecule has 0 amide bonds. The van der Waals surface area contributed by atoms with Gasteiger partial charge in [0, 0.05) is 64.6 Å². The summed E-state index contributed by atoms with van der Waals surface area (Å²) in [5.41, 5.74) is 5.63. The van der Waals surface area contributed by atoms with Crippen molar-refractivity contribution in [1.82, 2.24) is 14.4 Å². The monoisotopic (exact) mass is 250 g/mol. The third-order valence-electron chi connectivity index (χ3n) is 3.47. The van der Waals surface area contributed by atoms with E-state index in [0.29, 0.717) is 0 Å². The molecule has 1 aromatic heterocycles. The smallest absolute Gasteiger partial charge is 0.250 e. The van der Waals surface area contributed by atoms with E-state index in [1.165, 1.54) is 0 Å². The lowest BCUT2D eigenvalue weighted by Gasteiger charge is -2.34. The predicted molar refractivity (Wildman–Crippen MR) is 72.6 cm³/mol. The highest BCUT2D eigenvalue weighted by molar-refractivity contribution is 4.93. The van der Waals surface area contributed by atoms with E-state index in [0.717, 1.165) is 52.4 Å². The Bertz CT molecular complexity index is 409. The largest absolute Gasteiger partial charge is 0.329 e. The summed E-state index contributed by atoms with van der Waals surface area (Å²) in [4.78, 5) is 16.4. The molecule has 0 radical (unpaired) electrons. The standard InChI is InChI=1S/C13H22N4O/c14-4-6-15-7-9-16(10-8-15)11-12-17-5-2-1-3-13(17)18/h1-3,5H,4,6-12,14H2. The van der Waals surface area contributed by atoms with Gasteiger partial charge in [0.05, 0.1) is 0 Å². The van der Waals surface area contributed by atoms with E-state index in [4.69, 9.17) is 5.73 Å². The van der Waals surface area contributed by atoms with Gasteiger partial charge in [0.15, 0.2) is 0 Å². The van der Waals surface area contributed by atoms with Crippen LogP contribution in [0.2, 0.25) is 0 Å². The van der Waals surface area contributed by atoms with Crippen molar-refractivity contribution in [3.8, 4) is 0 Å². The lowest BCUT2D eigenvalue weighted by atomic mass is 10.3. The molecular weight excluding hydrogens is 228 g/mol. The fourth-order valence-corrected chi connectivity index (χ4v) is 2.31. The normalized spacial score (nSPS) is 18.1. The first-order chi connectivity index (χ1) is 8.79. The minimum Gasteiger partial charge on any atom is -0.329 e. The van der Waals surface area contributed by atoms with Crippen LogP contribution >= 0.6 is 0 Å². The summed E-state index contributed by atoms with van der Waals surface area (Å²) in [6.45, 7) is 7.76. The number of nitrogens with zero attached hydrogens (tertiary/aromatic N) is 3. The molecule has 0 bridgehead atoms. The van der Waals surface area contributed by atoms with Crippen LogP contribution in [0.3, 0.4) is 0 Å². The van der Waals surface area contributed by atoms with Gasteiger partial charge < -0.3 is 10.3 Å². The number of hydrogen-bond donors (Lipinski definition) is 1. The maximum atomic E-state index is 11.6. The Morgan fingerprint density at radius 3 is 2.28 bits per heavy atom. The van der Waals surface area contributed by atoms with Crippen molar-refractivity contribution in [2.24, 2.45) is 5.73 Å². The lowest BCUT2D eigenvalue weighted by molar-refractivity contribution is 0.131. The Hall–Kier alpha value is -1.17. The van der Waals surface area contributed by atoms with E-state index < -0.39 is 0 Å². The first kappa shape index (κ1) is 13.3. The molecule has 1 saturated heterocycles. The van der Waals surface area contributed by atoms with Crippen molar-refractivity contribution >= 4 is 0 Å². The van der Waals surface area contributed by atoms with Crippen LogP contribution in [0.4, 0.5) is 0 Å². The summed E-state index contributed by atoms with van der Waals surface area (Å²) in [5, 5.41) is 0. The highest BCUT2D eigenvalue weighted by atomic mass is 16.1. The van der Waals surface area contributed by atoms with Crippen LogP contribution in [-0.4, -0.2) is 60.2 Å². The first-order valence-corrected chi connectivity index (χ1v) is 6.60. The number of aromatic nitrogens is 1. The second-order valence-electron chi connectivity index (χ2n) is 4.70. The van der Waals surface area contributed by atoms with Crippen molar-refractivity contribution in [2.75, 3.05) is 45.8 Å². The number of pyridine rings is 1. The van der Waals surface area contributed by atoms with Gasteiger partial charge >= 0.3 is 0 Å². The van der Waals surface area contributed by atoms with Crippen LogP contribution in [0.25, 0.3) is 0 Å². The molecule has 5 heteroatoms. The highest BCUT2D eigenvalue weighted by Gasteiger charge is 2.15. The zero-order valence-electron chi connectivity index (χ0n) is 10.8. The Labute approximate surface area is 108 Å². The van der Waals surface area contributed by atoms with Crippen molar-refractivity contribution in [3.05, 3.63) is 34.7 Å². The van der Waals surface area contributed by atoms with Crippen LogP contribution in [0.5, 0.6) is 0 Å². The minimum absolute atomic E-state index is 0.0827. The van der Waals surface area contributed by atoms with E-state index in [-0.39, 0.29) is 5.56 Å². The topological polar surface area (TPSA) is 54.5 Å². The molecule has 0 aliphatic carbocycles. The average Bonchev–Trinajstić information content (AvgIpc) is 2.40. The van der Waals surface area contributed by atoms with Gasteiger partial charge in [-0.2, -0.15) is 0 Å². The highest BCUT2D eigenvalue weighted by Crippen LogP contribution is 2.00. The third-order valence-corrected chi connectivity index (χ3v) is 3.47. The van der Waals surface area contributed by atoms with Gasteiger partial charge in [-0.25, -0.2) is 0 Å². The maximum Gasteiger partial charge on any atom is 0.250 e. The van der Waals surface area contributed by atoms with E-state index >= 15 is 0 Å². The molecule has 1 aromatic rings. The van der Waals surface area contributed by atoms with Gasteiger partial charge in [0.1, 0.15) is 0 Å². The quantitative estimate of drug-likeness (QED) is 0.760. The van der Waals surface area contributed by atoms with E-state index in [9.17, 15) is 4.79 Å². The lowest BCUT2D eigenvalue weighted by Crippen LogP contribution is -2.48. The summed E-state index contributed by atoms with van der Waals surface area (Å²) < 4.78 is 1.77. The van der Waals surface area contributed by atoms with Gasteiger partial charge in [-0.3, -0.25) is 14.6 Å². The molecule has 1 fully saturated rings. The van der Waals surface area contributed by atoms with E-state index in [1.807, 2.05) is 12.3 Å². The van der Waals surface area contributed by atoms with Crippen LogP contribution in [0.1, 0.15) is 0 Å². The molecule has 100 valence electrons. The number of nitrogens with two attached hydrogens (primary N) is 1. The molecular formula is C13H22N4O. The molecule has 5 nitrogen and oxygen atoms in total. The number of piperazine rings is 1. The second-order valence-corrected chi connectivity index (χ2v) is 4.70. The van der Waals surface area contributed by atoms with Crippen molar-refractivity contribution in [1.29, 1.82) is 0 Å². The third kappa shape index (κ3) is 3.66. The van der Waals surface area contributed by atoms with Crippen LogP contribution in [0, 0.1) is 0 Å². The zero-order chi connectivity index (χ0) is 12.8. The number of hydrogen-bond acceptors (Lipinski definition) is 4. The molecule has 2 heterocycles. The maximum absolute atomic E-state index is 11.6. The average molecular weight is 250 g/mol. The molecule has 1 aliphatic rings. The first-order valence-electron chi connectivity index (χ1n) is 6.60. The summed E-state index contributed by atoms with van der Waals surface area (Å²) in [6.07, 6.45) is 1.85. The number of rotatable bonds is 5. The molecule has 0 unspecified atom stereocenters. The van der Waals surface area contributed by atoms with Crippen molar-refractivity contribution in [2.45, 2.75) is 6.54 Å². The Morgan fingerprint density at radius 2 is 1.67 bits per heavy atom. The molecule has 0 atom stereocenters. The summed E-state index contributed by atoms with van der Waals surface area (Å²) in [5.74, 6) is 0. The molecule has 18 heavy (non-hydrogen) atoms. The van der Waals surface area contributed by atoms with Gasteiger partial charge in [-0.15, -0.1) is 0 Å². The SMILES string of the molecule is NCCN1CCN(CCn2ccccc2=O)CC1. The van der Waals surface area contributed by atoms with Gasteiger partial charge in [0.2, 0.25) is 0 Å². The second kappa shape index (κ2) is 6.68. The fraction of sp³-hybridized carbons (Fsp3) is 0.615. The van der Waals surface area contributed by atoms with Gasteiger partial charge in [0.25, 0.3) is 5.56 Å². The summed E-state index contributed by atoms with van der Waals surface area (Å²) in [7, 11) is 0. The Morgan fingerprint density at radius 1 is 1.00 bits per heavy atom. The van der Waals surface area contributed by atoms with Gasteiger partial charge in [-0.05, 0) is 6.07 Å².